The zero-order valence-electron chi connectivity index (χ0n) is 15.3. The lowest BCUT2D eigenvalue weighted by Crippen LogP contribution is -2.27. The van der Waals surface area contributed by atoms with Crippen LogP contribution in [0.1, 0.15) is 28.9 Å². The Morgan fingerprint density at radius 1 is 1.11 bits per heavy atom. The van der Waals surface area contributed by atoms with Gasteiger partial charge in [0.2, 0.25) is 10.0 Å². The monoisotopic (exact) mass is 416 g/mol. The molecule has 2 rings (SSSR count). The van der Waals surface area contributed by atoms with Gasteiger partial charge in [0, 0.05) is 19.7 Å². The zero-order chi connectivity index (χ0) is 21.1. The van der Waals surface area contributed by atoms with Crippen LogP contribution in [-0.4, -0.2) is 39.1 Å². The molecule has 10 heteroatoms. The molecule has 0 aliphatic heterocycles. The fourth-order valence-corrected chi connectivity index (χ4v) is 3.28. The van der Waals surface area contributed by atoms with Crippen LogP contribution in [0, 0.1) is 0 Å². The van der Waals surface area contributed by atoms with Gasteiger partial charge in [0.25, 0.3) is 5.91 Å². The molecule has 0 fully saturated rings. The van der Waals surface area contributed by atoms with Gasteiger partial charge in [-0.15, -0.1) is 13.2 Å². The van der Waals surface area contributed by atoms with E-state index in [0.717, 1.165) is 16.4 Å². The van der Waals surface area contributed by atoms with Gasteiger partial charge in [0.05, 0.1) is 10.9 Å². The molecular weight excluding hydrogens is 397 g/mol. The van der Waals surface area contributed by atoms with Crippen molar-refractivity contribution < 1.29 is 31.1 Å². The molecule has 0 saturated carbocycles. The number of nitrogens with one attached hydrogen (secondary N) is 1. The zero-order valence-corrected chi connectivity index (χ0v) is 16.1. The number of benzene rings is 2. The number of alkyl halides is 3. The smallest absolute Gasteiger partial charge is 0.406 e. The number of halogens is 3. The predicted octanol–water partition coefficient (Wildman–Crippen LogP) is 3.33. The largest absolute Gasteiger partial charge is 0.573 e. The van der Waals surface area contributed by atoms with E-state index < -0.39 is 28.3 Å². The van der Waals surface area contributed by atoms with Gasteiger partial charge in [-0.2, -0.15) is 0 Å². The van der Waals surface area contributed by atoms with Crippen molar-refractivity contribution in [2.75, 3.05) is 14.1 Å². The van der Waals surface area contributed by atoms with E-state index in [1.54, 1.807) is 6.92 Å². The van der Waals surface area contributed by atoms with Crippen molar-refractivity contribution in [3.63, 3.8) is 0 Å². The number of carbonyl (C=O) groups is 1. The maximum absolute atomic E-state index is 12.4. The Bertz CT molecular complexity index is 942. The van der Waals surface area contributed by atoms with Gasteiger partial charge in [-0.05, 0) is 42.8 Å². The summed E-state index contributed by atoms with van der Waals surface area (Å²) in [5, 5.41) is 2.68. The molecule has 0 heterocycles. The molecule has 0 spiro atoms. The van der Waals surface area contributed by atoms with Crippen LogP contribution in [0.4, 0.5) is 13.2 Å². The van der Waals surface area contributed by atoms with Crippen molar-refractivity contribution in [2.45, 2.75) is 24.2 Å². The van der Waals surface area contributed by atoms with Gasteiger partial charge in [-0.25, -0.2) is 12.7 Å². The number of nitrogens with zero attached hydrogens (tertiary/aromatic N) is 1. The molecule has 0 radical (unpaired) electrons. The minimum Gasteiger partial charge on any atom is -0.406 e. The fourth-order valence-electron chi connectivity index (χ4n) is 2.33. The second kappa shape index (κ2) is 8.19. The van der Waals surface area contributed by atoms with E-state index in [-0.39, 0.29) is 16.2 Å². The fraction of sp³-hybridized carbons (Fsp3) is 0.278. The molecule has 0 aliphatic rings. The van der Waals surface area contributed by atoms with Gasteiger partial charge in [-0.3, -0.25) is 4.79 Å². The van der Waals surface area contributed by atoms with E-state index in [1.165, 1.54) is 50.5 Å². The van der Waals surface area contributed by atoms with Crippen LogP contribution in [0.2, 0.25) is 0 Å². The summed E-state index contributed by atoms with van der Waals surface area (Å²) in [6.45, 7) is 1.65. The van der Waals surface area contributed by atoms with Gasteiger partial charge >= 0.3 is 6.36 Å². The van der Waals surface area contributed by atoms with Crippen LogP contribution in [0.5, 0.6) is 5.75 Å². The molecule has 1 amide bonds. The molecule has 28 heavy (non-hydrogen) atoms. The topological polar surface area (TPSA) is 75.7 Å². The molecule has 0 saturated heterocycles. The normalized spacial score (nSPS) is 13.2. The van der Waals surface area contributed by atoms with Crippen molar-refractivity contribution in [3.05, 3.63) is 59.7 Å². The molecule has 152 valence electrons. The first kappa shape index (κ1) is 21.7. The lowest BCUT2D eigenvalue weighted by atomic mass is 10.1. The van der Waals surface area contributed by atoms with Crippen molar-refractivity contribution in [3.8, 4) is 5.75 Å². The van der Waals surface area contributed by atoms with E-state index in [4.69, 9.17) is 0 Å². The van der Waals surface area contributed by atoms with E-state index >= 15 is 0 Å². The molecule has 6 nitrogen and oxygen atoms in total. The number of ether oxygens (including phenoxy) is 1. The average molecular weight is 416 g/mol. The lowest BCUT2D eigenvalue weighted by Gasteiger charge is -2.16. The van der Waals surface area contributed by atoms with Crippen molar-refractivity contribution in [2.24, 2.45) is 0 Å². The minimum absolute atomic E-state index is 0.0218. The molecule has 1 N–H and O–H groups in total. The SMILES string of the molecule is CC(NC(=O)c1cccc(S(=O)(=O)N(C)C)c1)c1ccc(OC(F)(F)F)cc1. The first-order chi connectivity index (χ1) is 12.9. The van der Waals surface area contributed by atoms with Crippen LogP contribution < -0.4 is 10.1 Å². The highest BCUT2D eigenvalue weighted by molar-refractivity contribution is 7.89. The number of rotatable bonds is 6. The Morgan fingerprint density at radius 3 is 2.25 bits per heavy atom. The third-order valence-corrected chi connectivity index (χ3v) is 5.65. The quantitative estimate of drug-likeness (QED) is 0.784. The van der Waals surface area contributed by atoms with E-state index in [9.17, 15) is 26.4 Å². The standard InChI is InChI=1S/C18H19F3N2O4S/c1-12(13-7-9-15(10-8-13)27-18(19,20)21)22-17(24)14-5-4-6-16(11-14)28(25,26)23(2)3/h4-12H,1-3H3,(H,22,24). The van der Waals surface area contributed by atoms with Gasteiger partial charge in [-0.1, -0.05) is 18.2 Å². The predicted molar refractivity (Wildman–Crippen MR) is 96.3 cm³/mol. The van der Waals surface area contributed by atoms with Crippen LogP contribution >= 0.6 is 0 Å². The summed E-state index contributed by atoms with van der Waals surface area (Å²) in [6, 6.07) is 10.1. The lowest BCUT2D eigenvalue weighted by molar-refractivity contribution is -0.274. The third kappa shape index (κ3) is 5.46. The summed E-state index contributed by atoms with van der Waals surface area (Å²) in [4.78, 5) is 12.4. The number of amides is 1. The summed E-state index contributed by atoms with van der Waals surface area (Å²) in [5.74, 6) is -0.879. The second-order valence-electron chi connectivity index (χ2n) is 6.13. The highest BCUT2D eigenvalue weighted by Crippen LogP contribution is 2.24. The first-order valence-electron chi connectivity index (χ1n) is 8.09. The van der Waals surface area contributed by atoms with Crippen LogP contribution in [0.3, 0.4) is 0 Å². The van der Waals surface area contributed by atoms with Crippen molar-refractivity contribution in [1.29, 1.82) is 0 Å². The number of carbonyl (C=O) groups excluding carboxylic acids is 1. The average Bonchev–Trinajstić information content (AvgIpc) is 2.60. The molecule has 1 unspecified atom stereocenters. The second-order valence-corrected chi connectivity index (χ2v) is 8.28. The summed E-state index contributed by atoms with van der Waals surface area (Å²) in [7, 11) is -0.915. The van der Waals surface area contributed by atoms with E-state index in [1.807, 2.05) is 0 Å². The highest BCUT2D eigenvalue weighted by atomic mass is 32.2. The molecule has 1 atom stereocenters. The van der Waals surface area contributed by atoms with Crippen LogP contribution in [-0.2, 0) is 10.0 Å². The Labute approximate surface area is 161 Å². The number of hydrogen-bond acceptors (Lipinski definition) is 4. The van der Waals surface area contributed by atoms with Gasteiger partial charge in [0.15, 0.2) is 0 Å². The molecule has 0 aliphatic carbocycles. The number of sulfonamides is 1. The van der Waals surface area contributed by atoms with Crippen LogP contribution in [0.15, 0.2) is 53.4 Å². The molecule has 2 aromatic carbocycles. The van der Waals surface area contributed by atoms with E-state index in [2.05, 4.69) is 10.1 Å². The number of hydrogen-bond donors (Lipinski definition) is 1. The Hall–Kier alpha value is -2.59. The van der Waals surface area contributed by atoms with Crippen molar-refractivity contribution in [1.82, 2.24) is 9.62 Å². The molecule has 0 aromatic heterocycles. The highest BCUT2D eigenvalue weighted by Gasteiger charge is 2.31. The summed E-state index contributed by atoms with van der Waals surface area (Å²) in [5.41, 5.74) is 0.701. The Kier molecular flexibility index (Phi) is 6.35. The summed E-state index contributed by atoms with van der Waals surface area (Å²) >= 11 is 0. The molecule has 0 bridgehead atoms. The Balaban J connectivity index is 2.12. The maximum atomic E-state index is 12.4. The van der Waals surface area contributed by atoms with Gasteiger partial charge < -0.3 is 10.1 Å². The summed E-state index contributed by atoms with van der Waals surface area (Å²) < 4.78 is 65.8. The third-order valence-electron chi connectivity index (χ3n) is 3.84. The van der Waals surface area contributed by atoms with Gasteiger partial charge in [0.1, 0.15) is 5.75 Å². The Morgan fingerprint density at radius 2 is 1.71 bits per heavy atom. The molecular formula is C18H19F3N2O4S. The van der Waals surface area contributed by atoms with E-state index in [0.29, 0.717) is 5.56 Å². The molecule has 2 aromatic rings. The first-order valence-corrected chi connectivity index (χ1v) is 9.53. The maximum Gasteiger partial charge on any atom is 0.573 e. The minimum atomic E-state index is -4.78. The summed E-state index contributed by atoms with van der Waals surface area (Å²) in [6.07, 6.45) is -4.78. The van der Waals surface area contributed by atoms with Crippen molar-refractivity contribution >= 4 is 15.9 Å². The van der Waals surface area contributed by atoms with Crippen LogP contribution in [0.25, 0.3) is 0 Å².